The molecule has 47 heavy (non-hydrogen) atoms. The summed E-state index contributed by atoms with van der Waals surface area (Å²) in [5, 5.41) is 54.0. The Morgan fingerprint density at radius 2 is 2.06 bits per heavy atom. The number of aliphatic hydroxyl groups excluding tert-OH is 3. The molecule has 1 fully saturated rings. The van der Waals surface area contributed by atoms with Gasteiger partial charge in [-0.25, -0.2) is 0 Å². The first-order chi connectivity index (χ1) is 22.4. The van der Waals surface area contributed by atoms with E-state index in [9.17, 15) is 25.2 Å². The predicted octanol–water partition coefficient (Wildman–Crippen LogP) is 1.31. The lowest BCUT2D eigenvalue weighted by atomic mass is 9.72. The minimum Gasteiger partial charge on any atom is -0.504 e. The third-order valence-corrected chi connectivity index (χ3v) is 10.3. The van der Waals surface area contributed by atoms with E-state index in [0.717, 1.165) is 44.3 Å². The van der Waals surface area contributed by atoms with Crippen LogP contribution < -0.4 is 26.4 Å². The van der Waals surface area contributed by atoms with Gasteiger partial charge in [0, 0.05) is 57.3 Å². The molecule has 9 N–H and O–H groups in total. The Morgan fingerprint density at radius 1 is 1.28 bits per heavy atom. The standard InChI is InChI=1S/C35H55N5O7/c1-22(42)34(20-39-33(36)38-4)11-7-24-6-5-10-35(21-37-3)18-28(9-13-40-35)47-32-16-25(26(19-41)15-30(32)45)14-29(24)31(46-23(2)43)17-27(44)8-12-34/h15-16,22,24,27-29,31,37,40-42,44-45H,5-6,8-10,12-14,17-21H2,1-4H3,(H3,36,38,39)/t22-,24+,27-,28-,29-,31-,34-,35+/m0/s1. The monoisotopic (exact) mass is 657 g/mol. The Balaban J connectivity index is 1.89. The maximum Gasteiger partial charge on any atom is 0.302 e. The molecule has 1 saturated heterocycles. The number of rotatable bonds is 7. The van der Waals surface area contributed by atoms with Crippen LogP contribution in [0.5, 0.6) is 11.5 Å². The summed E-state index contributed by atoms with van der Waals surface area (Å²) in [6.07, 6.45) is 2.61. The molecule has 0 saturated carbocycles. The quantitative estimate of drug-likeness (QED) is 0.0913. The number of aliphatic hydroxyl groups is 3. The number of phenolic OH excluding ortho intramolecular Hbond substituents is 1. The SMILES string of the molecule is CN=C(N)NC[C@]1([C@H](C)O)C#C[C@H]2CCC[C@]3(CNC)C[C@H](CCN3)Oc3cc(c(CO)cc3O)C[C@@H]2[C@@H](OC(C)=O)C[C@@H](O)CC1. The first kappa shape index (κ1) is 36.8. The number of likely N-dealkylation sites (N-methyl/N-ethyl adjacent to an activating group) is 1. The van der Waals surface area contributed by atoms with Gasteiger partial charge in [-0.2, -0.15) is 0 Å². The third kappa shape index (κ3) is 9.30. The van der Waals surface area contributed by atoms with Crippen molar-refractivity contribution >= 4 is 11.9 Å². The molecule has 3 aliphatic rings. The fraction of sp³-hybridized carbons (Fsp3) is 0.714. The van der Waals surface area contributed by atoms with Crippen LogP contribution in [0.1, 0.15) is 76.3 Å². The Kier molecular flexibility index (Phi) is 12.8. The van der Waals surface area contributed by atoms with E-state index in [1.807, 2.05) is 7.05 Å². The maximum atomic E-state index is 12.5. The zero-order valence-corrected chi connectivity index (χ0v) is 28.3. The highest BCUT2D eigenvalue weighted by Crippen LogP contribution is 2.40. The van der Waals surface area contributed by atoms with Crippen molar-refractivity contribution < 1.29 is 34.7 Å². The van der Waals surface area contributed by atoms with E-state index >= 15 is 0 Å². The van der Waals surface area contributed by atoms with Crippen LogP contribution in [0.25, 0.3) is 0 Å². The molecule has 4 rings (SSSR count). The van der Waals surface area contributed by atoms with E-state index < -0.39 is 29.7 Å². The van der Waals surface area contributed by atoms with Gasteiger partial charge in [-0.05, 0) is 82.3 Å². The van der Waals surface area contributed by atoms with Gasteiger partial charge in [0.25, 0.3) is 0 Å². The molecule has 4 bridgehead atoms. The molecule has 262 valence electrons. The molecule has 0 radical (unpaired) electrons. The van der Waals surface area contributed by atoms with E-state index in [2.05, 4.69) is 32.8 Å². The van der Waals surface area contributed by atoms with Crippen molar-refractivity contribution in [3.63, 3.8) is 0 Å². The number of ether oxygens (including phenoxy) is 2. The molecule has 1 aromatic carbocycles. The zero-order valence-electron chi connectivity index (χ0n) is 28.3. The van der Waals surface area contributed by atoms with Gasteiger partial charge < -0.3 is 51.6 Å². The number of benzene rings is 1. The van der Waals surface area contributed by atoms with Crippen molar-refractivity contribution in [1.82, 2.24) is 16.0 Å². The van der Waals surface area contributed by atoms with Crippen molar-refractivity contribution in [2.75, 3.05) is 33.7 Å². The molecule has 12 nitrogen and oxygen atoms in total. The molecule has 0 amide bonds. The Labute approximate surface area is 278 Å². The fourth-order valence-corrected chi connectivity index (χ4v) is 7.62. The number of carbonyl (C=O) groups excluding carboxylic acids is 1. The third-order valence-electron chi connectivity index (χ3n) is 10.3. The van der Waals surface area contributed by atoms with Crippen molar-refractivity contribution in [3.8, 4) is 23.3 Å². The lowest BCUT2D eigenvalue weighted by molar-refractivity contribution is -0.152. The summed E-state index contributed by atoms with van der Waals surface area (Å²) in [5.74, 6) is 6.43. The molecule has 8 atom stereocenters. The molecule has 0 aromatic heterocycles. The molecule has 12 heteroatoms. The van der Waals surface area contributed by atoms with Crippen molar-refractivity contribution in [3.05, 3.63) is 23.3 Å². The zero-order chi connectivity index (χ0) is 34.2. The van der Waals surface area contributed by atoms with Crippen LogP contribution >= 0.6 is 0 Å². The van der Waals surface area contributed by atoms with Crippen molar-refractivity contribution in [1.29, 1.82) is 0 Å². The molecule has 1 aromatic rings. The number of guanidine groups is 1. The summed E-state index contributed by atoms with van der Waals surface area (Å²) in [4.78, 5) is 16.5. The number of hydrogen-bond acceptors (Lipinski definition) is 10. The highest BCUT2D eigenvalue weighted by molar-refractivity contribution is 5.77. The Bertz CT molecular complexity index is 1310. The minimum absolute atomic E-state index is 0.0382. The first-order valence-corrected chi connectivity index (χ1v) is 17.0. The molecule has 0 unspecified atom stereocenters. The number of carbonyl (C=O) groups is 1. The van der Waals surface area contributed by atoms with Gasteiger partial charge in [-0.3, -0.25) is 9.79 Å². The number of hydrogen-bond donors (Lipinski definition) is 8. The van der Waals surface area contributed by atoms with Crippen LogP contribution in [-0.4, -0.2) is 96.0 Å². The number of nitrogens with two attached hydrogens (primary N) is 1. The summed E-state index contributed by atoms with van der Waals surface area (Å²) >= 11 is 0. The largest absolute Gasteiger partial charge is 0.504 e. The molecular weight excluding hydrogens is 602 g/mol. The predicted molar refractivity (Wildman–Crippen MR) is 180 cm³/mol. The summed E-state index contributed by atoms with van der Waals surface area (Å²) in [7, 11) is 3.52. The topological polar surface area (TPSA) is 191 Å². The molecule has 2 heterocycles. The number of piperidine rings is 1. The lowest BCUT2D eigenvalue weighted by Gasteiger charge is -2.42. The van der Waals surface area contributed by atoms with Crippen LogP contribution in [0.2, 0.25) is 0 Å². The minimum atomic E-state index is -0.933. The van der Waals surface area contributed by atoms with Crippen LogP contribution in [-0.2, 0) is 22.6 Å². The normalized spacial score (nSPS) is 32.4. The summed E-state index contributed by atoms with van der Waals surface area (Å²) in [6.45, 7) is 4.50. The summed E-state index contributed by atoms with van der Waals surface area (Å²) in [5.41, 5.74) is 6.10. The fourth-order valence-electron chi connectivity index (χ4n) is 7.62. The smallest absolute Gasteiger partial charge is 0.302 e. The van der Waals surface area contributed by atoms with Gasteiger partial charge in [-0.1, -0.05) is 18.3 Å². The lowest BCUT2D eigenvalue weighted by Crippen LogP contribution is -2.58. The van der Waals surface area contributed by atoms with Crippen LogP contribution in [0.4, 0.5) is 0 Å². The number of phenols is 1. The maximum absolute atomic E-state index is 12.5. The van der Waals surface area contributed by atoms with Gasteiger partial charge in [-0.15, -0.1) is 0 Å². The van der Waals surface area contributed by atoms with Crippen LogP contribution in [0.3, 0.4) is 0 Å². The summed E-state index contributed by atoms with van der Waals surface area (Å²) < 4.78 is 12.4. The van der Waals surface area contributed by atoms with E-state index in [-0.39, 0.29) is 54.8 Å². The highest BCUT2D eigenvalue weighted by atomic mass is 16.5. The van der Waals surface area contributed by atoms with Gasteiger partial charge >= 0.3 is 5.97 Å². The van der Waals surface area contributed by atoms with E-state index in [1.54, 1.807) is 26.1 Å². The second-order valence-corrected chi connectivity index (χ2v) is 13.7. The van der Waals surface area contributed by atoms with E-state index in [4.69, 9.17) is 15.2 Å². The molecular formula is C35H55N5O7. The van der Waals surface area contributed by atoms with Crippen LogP contribution in [0.15, 0.2) is 17.1 Å². The second-order valence-electron chi connectivity index (χ2n) is 13.7. The molecule has 0 spiro atoms. The van der Waals surface area contributed by atoms with Crippen molar-refractivity contribution in [2.45, 2.75) is 108 Å². The number of esters is 1. The number of aliphatic imine (C=N–C) groups is 1. The Morgan fingerprint density at radius 3 is 2.74 bits per heavy atom. The second kappa shape index (κ2) is 16.3. The average Bonchev–Trinajstić information content (AvgIpc) is 3.03. The molecule has 1 aliphatic carbocycles. The number of fused-ring (bicyclic) bond motifs is 5. The van der Waals surface area contributed by atoms with Gasteiger partial charge in [0.15, 0.2) is 17.5 Å². The number of nitrogens with zero attached hydrogens (tertiary/aromatic N) is 1. The van der Waals surface area contributed by atoms with Crippen molar-refractivity contribution in [2.24, 2.45) is 28.0 Å². The Hall–Kier alpha value is -3.08. The summed E-state index contributed by atoms with van der Waals surface area (Å²) in [6, 6.07) is 3.34. The average molecular weight is 658 g/mol. The number of aromatic hydroxyl groups is 1. The van der Waals surface area contributed by atoms with E-state index in [0.29, 0.717) is 37.0 Å². The van der Waals surface area contributed by atoms with Crippen LogP contribution in [0, 0.1) is 29.1 Å². The number of nitrogens with one attached hydrogen (secondary N) is 3. The molecule has 2 aliphatic heterocycles. The first-order valence-electron chi connectivity index (χ1n) is 17.0. The van der Waals surface area contributed by atoms with Gasteiger partial charge in [0.2, 0.25) is 0 Å². The highest BCUT2D eigenvalue weighted by Gasteiger charge is 2.41. The van der Waals surface area contributed by atoms with Gasteiger partial charge in [0.05, 0.1) is 24.2 Å². The van der Waals surface area contributed by atoms with E-state index in [1.165, 1.54) is 6.92 Å². The van der Waals surface area contributed by atoms with Gasteiger partial charge in [0.1, 0.15) is 12.2 Å².